The summed E-state index contributed by atoms with van der Waals surface area (Å²) in [6.07, 6.45) is 5.76. The minimum Gasteiger partial charge on any atom is -0.489 e. The molecule has 1 aromatic heterocycles. The van der Waals surface area contributed by atoms with Crippen LogP contribution in [0.25, 0.3) is 10.9 Å². The van der Waals surface area contributed by atoms with Crippen molar-refractivity contribution in [2.24, 2.45) is 0 Å². The van der Waals surface area contributed by atoms with Crippen LogP contribution in [0.4, 0.5) is 0 Å². The van der Waals surface area contributed by atoms with Crippen LogP contribution in [-0.2, 0) is 13.1 Å². The van der Waals surface area contributed by atoms with Crippen LogP contribution in [0.5, 0.6) is 5.75 Å². The van der Waals surface area contributed by atoms with Gasteiger partial charge in [0, 0.05) is 30.1 Å². The third-order valence-electron chi connectivity index (χ3n) is 7.18. The Morgan fingerprint density at radius 2 is 1.87 bits per heavy atom. The fourth-order valence-electron chi connectivity index (χ4n) is 5.79. The smallest absolute Gasteiger partial charge is 0.272 e. The van der Waals surface area contributed by atoms with Crippen LogP contribution in [0.15, 0.2) is 48.5 Å². The van der Waals surface area contributed by atoms with E-state index < -0.39 is 0 Å². The second-order valence-electron chi connectivity index (χ2n) is 9.11. The molecule has 2 aromatic carbocycles. The van der Waals surface area contributed by atoms with Crippen LogP contribution in [-0.4, -0.2) is 45.3 Å². The lowest BCUT2D eigenvalue weighted by Gasteiger charge is -2.49. The SMILES string of the molecule is O=C(NC1CC2CCCC(C1)N2Cc1ccccc1)c1nn2c3c(cccc13)OCC2. The number of hydrogen-bond acceptors (Lipinski definition) is 4. The van der Waals surface area contributed by atoms with E-state index in [0.29, 0.717) is 30.9 Å². The molecule has 4 heterocycles. The summed E-state index contributed by atoms with van der Waals surface area (Å²) in [6.45, 7) is 2.29. The Morgan fingerprint density at radius 1 is 1.06 bits per heavy atom. The number of para-hydroxylation sites is 1. The van der Waals surface area contributed by atoms with Gasteiger partial charge in [-0.1, -0.05) is 48.9 Å². The number of hydrogen-bond donors (Lipinski definition) is 1. The first kappa shape index (κ1) is 18.9. The molecule has 0 saturated carbocycles. The van der Waals surface area contributed by atoms with Gasteiger partial charge in [-0.05, 0) is 37.3 Å². The van der Waals surface area contributed by atoms with Gasteiger partial charge >= 0.3 is 0 Å². The number of piperidine rings is 2. The van der Waals surface area contributed by atoms with Crippen LogP contribution in [0, 0.1) is 0 Å². The zero-order valence-electron chi connectivity index (χ0n) is 17.7. The van der Waals surface area contributed by atoms with Crippen molar-refractivity contribution >= 4 is 16.8 Å². The Hall–Kier alpha value is -2.86. The highest BCUT2D eigenvalue weighted by Crippen LogP contribution is 2.36. The number of rotatable bonds is 4. The fourth-order valence-corrected chi connectivity index (χ4v) is 5.79. The number of carbonyl (C=O) groups is 1. The average Bonchev–Trinajstić information content (AvgIpc) is 3.16. The highest BCUT2D eigenvalue weighted by molar-refractivity contribution is 6.06. The highest BCUT2D eigenvalue weighted by atomic mass is 16.5. The minimum atomic E-state index is -0.0533. The summed E-state index contributed by atoms with van der Waals surface area (Å²) < 4.78 is 7.67. The van der Waals surface area contributed by atoms with Crippen molar-refractivity contribution in [3.8, 4) is 5.75 Å². The molecular formula is C25H28N4O2. The van der Waals surface area contributed by atoms with Crippen LogP contribution in [0.2, 0.25) is 0 Å². The van der Waals surface area contributed by atoms with E-state index in [1.54, 1.807) is 0 Å². The van der Waals surface area contributed by atoms with E-state index in [4.69, 9.17) is 4.74 Å². The second-order valence-corrected chi connectivity index (χ2v) is 9.11. The number of nitrogens with one attached hydrogen (secondary N) is 1. The molecule has 2 unspecified atom stereocenters. The lowest BCUT2D eigenvalue weighted by molar-refractivity contribution is 0.0176. The Labute approximate surface area is 182 Å². The molecular weight excluding hydrogens is 388 g/mol. The van der Waals surface area contributed by atoms with Gasteiger partial charge in [0.05, 0.1) is 6.54 Å². The Kier molecular flexibility index (Phi) is 4.68. The first-order chi connectivity index (χ1) is 15.3. The standard InChI is InChI=1S/C25H28N4O2/c30-25(23-21-10-5-11-22-24(21)29(27-23)12-13-31-22)26-18-14-19-8-4-9-20(15-18)28(19)16-17-6-2-1-3-7-17/h1-3,5-7,10-11,18-20H,4,8-9,12-16H2,(H,26,30). The molecule has 0 aliphatic carbocycles. The van der Waals surface area contributed by atoms with E-state index in [2.05, 4.69) is 45.6 Å². The molecule has 6 heteroatoms. The molecule has 3 aromatic rings. The molecule has 2 atom stereocenters. The van der Waals surface area contributed by atoms with E-state index in [1.165, 1.54) is 24.8 Å². The van der Waals surface area contributed by atoms with E-state index in [9.17, 15) is 4.79 Å². The molecule has 160 valence electrons. The topological polar surface area (TPSA) is 59.4 Å². The monoisotopic (exact) mass is 416 g/mol. The van der Waals surface area contributed by atoms with Crippen LogP contribution >= 0.6 is 0 Å². The minimum absolute atomic E-state index is 0.0533. The maximum Gasteiger partial charge on any atom is 0.272 e. The molecule has 2 fully saturated rings. The van der Waals surface area contributed by atoms with Gasteiger partial charge in [-0.25, -0.2) is 0 Å². The highest BCUT2D eigenvalue weighted by Gasteiger charge is 2.39. The Bertz CT molecular complexity index is 1100. The second kappa shape index (κ2) is 7.68. The lowest BCUT2D eigenvalue weighted by atomic mass is 9.81. The van der Waals surface area contributed by atoms with Crippen LogP contribution < -0.4 is 10.1 Å². The number of carbonyl (C=O) groups excluding carboxylic acids is 1. The molecule has 0 spiro atoms. The normalized spacial score (nSPS) is 25.2. The summed E-state index contributed by atoms with van der Waals surface area (Å²) in [5, 5.41) is 8.86. The lowest BCUT2D eigenvalue weighted by Crippen LogP contribution is -2.56. The number of ether oxygens (including phenoxy) is 1. The number of amides is 1. The van der Waals surface area contributed by atoms with Crippen molar-refractivity contribution < 1.29 is 9.53 Å². The summed E-state index contributed by atoms with van der Waals surface area (Å²) in [4.78, 5) is 15.9. The van der Waals surface area contributed by atoms with Crippen LogP contribution in [0.1, 0.15) is 48.2 Å². The molecule has 6 rings (SSSR count). The number of aromatic nitrogens is 2. The predicted molar refractivity (Wildman–Crippen MR) is 119 cm³/mol. The van der Waals surface area contributed by atoms with Crippen molar-refractivity contribution in [1.82, 2.24) is 20.0 Å². The van der Waals surface area contributed by atoms with Crippen molar-refractivity contribution in [2.75, 3.05) is 6.61 Å². The summed E-state index contributed by atoms with van der Waals surface area (Å²) in [5.41, 5.74) is 2.84. The molecule has 3 aliphatic heterocycles. The molecule has 1 amide bonds. The van der Waals surface area contributed by atoms with E-state index in [0.717, 1.165) is 36.0 Å². The largest absolute Gasteiger partial charge is 0.489 e. The van der Waals surface area contributed by atoms with Gasteiger partial charge < -0.3 is 10.1 Å². The maximum atomic E-state index is 13.2. The quantitative estimate of drug-likeness (QED) is 0.704. The van der Waals surface area contributed by atoms with Crippen LogP contribution in [0.3, 0.4) is 0 Å². The van der Waals surface area contributed by atoms with Gasteiger partial charge in [0.15, 0.2) is 5.69 Å². The summed E-state index contributed by atoms with van der Waals surface area (Å²) >= 11 is 0. The van der Waals surface area contributed by atoms with Crippen molar-refractivity contribution in [1.29, 1.82) is 0 Å². The van der Waals surface area contributed by atoms with E-state index in [-0.39, 0.29) is 11.9 Å². The molecule has 0 radical (unpaired) electrons. The molecule has 1 N–H and O–H groups in total. The first-order valence-electron chi connectivity index (χ1n) is 11.5. The van der Waals surface area contributed by atoms with E-state index in [1.807, 2.05) is 22.9 Å². The maximum absolute atomic E-state index is 13.2. The molecule has 2 bridgehead atoms. The molecule has 31 heavy (non-hydrogen) atoms. The zero-order valence-corrected chi connectivity index (χ0v) is 17.7. The van der Waals surface area contributed by atoms with Gasteiger partial charge in [0.25, 0.3) is 5.91 Å². The number of benzene rings is 2. The van der Waals surface area contributed by atoms with Gasteiger partial charge in [-0.15, -0.1) is 0 Å². The first-order valence-corrected chi connectivity index (χ1v) is 11.5. The van der Waals surface area contributed by atoms with Gasteiger partial charge in [-0.2, -0.15) is 5.10 Å². The average molecular weight is 417 g/mol. The van der Waals surface area contributed by atoms with Gasteiger partial charge in [-0.3, -0.25) is 14.4 Å². The molecule has 6 nitrogen and oxygen atoms in total. The predicted octanol–water partition coefficient (Wildman–Crippen LogP) is 3.74. The van der Waals surface area contributed by atoms with Gasteiger partial charge in [0.2, 0.25) is 0 Å². The fraction of sp³-hybridized carbons (Fsp3) is 0.440. The summed E-state index contributed by atoms with van der Waals surface area (Å²) in [6, 6.07) is 17.9. The third kappa shape index (κ3) is 3.39. The number of nitrogens with zero attached hydrogens (tertiary/aromatic N) is 3. The Balaban J connectivity index is 1.19. The van der Waals surface area contributed by atoms with Crippen molar-refractivity contribution in [3.63, 3.8) is 0 Å². The Morgan fingerprint density at radius 3 is 2.68 bits per heavy atom. The van der Waals surface area contributed by atoms with E-state index >= 15 is 0 Å². The number of fused-ring (bicyclic) bond motifs is 2. The summed E-state index contributed by atoms with van der Waals surface area (Å²) in [5.74, 6) is 0.765. The molecule has 3 aliphatic rings. The summed E-state index contributed by atoms with van der Waals surface area (Å²) in [7, 11) is 0. The zero-order chi connectivity index (χ0) is 20.8. The van der Waals surface area contributed by atoms with Crippen molar-refractivity contribution in [2.45, 2.75) is 63.3 Å². The van der Waals surface area contributed by atoms with Gasteiger partial charge in [0.1, 0.15) is 17.9 Å². The molecule has 2 saturated heterocycles. The van der Waals surface area contributed by atoms with Crippen molar-refractivity contribution in [3.05, 3.63) is 59.8 Å². The third-order valence-corrected chi connectivity index (χ3v) is 7.18.